The lowest BCUT2D eigenvalue weighted by molar-refractivity contribution is 0.239. The third kappa shape index (κ3) is 7.87. The second-order valence-corrected chi connectivity index (χ2v) is 3.68. The van der Waals surface area contributed by atoms with Gasteiger partial charge in [0.1, 0.15) is 0 Å². The predicted molar refractivity (Wildman–Crippen MR) is 63.5 cm³/mol. The van der Waals surface area contributed by atoms with Gasteiger partial charge in [0.2, 0.25) is 0 Å². The van der Waals surface area contributed by atoms with Gasteiger partial charge in [0, 0.05) is 6.54 Å². The normalized spacial score (nSPS) is 11.5. The predicted octanol–water partition coefficient (Wildman–Crippen LogP) is 2.14. The summed E-state index contributed by atoms with van der Waals surface area (Å²) in [4.78, 5) is 11.2. The smallest absolute Gasteiger partial charge is 0.315 e. The Kier molecular flexibility index (Phi) is 8.66. The molecular formula is C12H22N2O. The molecule has 0 aliphatic heterocycles. The van der Waals surface area contributed by atoms with Crippen LogP contribution in [0.2, 0.25) is 0 Å². The second kappa shape index (κ2) is 9.39. The molecule has 86 valence electrons. The molecule has 0 aromatic heterocycles. The maximum Gasteiger partial charge on any atom is 0.315 e. The molecule has 0 aliphatic carbocycles. The summed E-state index contributed by atoms with van der Waals surface area (Å²) < 4.78 is 0. The van der Waals surface area contributed by atoms with Gasteiger partial charge in [0.15, 0.2) is 0 Å². The second-order valence-electron chi connectivity index (χ2n) is 3.68. The van der Waals surface area contributed by atoms with Crippen LogP contribution in [0.5, 0.6) is 0 Å². The Labute approximate surface area is 93.0 Å². The molecule has 0 fully saturated rings. The Balaban J connectivity index is 3.61. The zero-order chi connectivity index (χ0) is 11.5. The van der Waals surface area contributed by atoms with Crippen molar-refractivity contribution in [3.05, 3.63) is 0 Å². The molecule has 0 spiro atoms. The fraction of sp³-hybridized carbons (Fsp3) is 0.750. The fourth-order valence-electron chi connectivity index (χ4n) is 1.37. The van der Waals surface area contributed by atoms with Crippen LogP contribution < -0.4 is 10.6 Å². The molecule has 0 aromatic carbocycles. The molecule has 0 saturated heterocycles. The SMILES string of the molecule is C#CCNC(=O)NC[C@H](CC)CCCC. The molecule has 0 radical (unpaired) electrons. The highest BCUT2D eigenvalue weighted by molar-refractivity contribution is 5.74. The summed E-state index contributed by atoms with van der Waals surface area (Å²) in [5, 5.41) is 5.41. The largest absolute Gasteiger partial charge is 0.338 e. The van der Waals surface area contributed by atoms with Gasteiger partial charge in [-0.05, 0) is 12.3 Å². The molecule has 0 unspecified atom stereocenters. The highest BCUT2D eigenvalue weighted by Gasteiger charge is 2.07. The van der Waals surface area contributed by atoms with Gasteiger partial charge < -0.3 is 10.6 Å². The van der Waals surface area contributed by atoms with Crippen molar-refractivity contribution in [1.29, 1.82) is 0 Å². The third-order valence-electron chi connectivity index (χ3n) is 2.45. The highest BCUT2D eigenvalue weighted by Crippen LogP contribution is 2.10. The molecule has 0 saturated carbocycles. The minimum Gasteiger partial charge on any atom is -0.338 e. The van der Waals surface area contributed by atoms with Crippen molar-refractivity contribution in [2.45, 2.75) is 39.5 Å². The minimum atomic E-state index is -0.164. The van der Waals surface area contributed by atoms with Crippen LogP contribution >= 0.6 is 0 Å². The highest BCUT2D eigenvalue weighted by atomic mass is 16.2. The number of rotatable bonds is 7. The van der Waals surface area contributed by atoms with Crippen LogP contribution in [0, 0.1) is 18.3 Å². The average Bonchev–Trinajstić information content (AvgIpc) is 2.26. The summed E-state index contributed by atoms with van der Waals surface area (Å²) in [6.45, 7) is 5.37. The molecule has 0 aliphatic rings. The summed E-state index contributed by atoms with van der Waals surface area (Å²) in [5.41, 5.74) is 0. The number of carbonyl (C=O) groups excluding carboxylic acids is 1. The van der Waals surface area contributed by atoms with E-state index in [9.17, 15) is 4.79 Å². The first-order valence-electron chi connectivity index (χ1n) is 5.69. The van der Waals surface area contributed by atoms with Crippen LogP contribution in [0.1, 0.15) is 39.5 Å². The molecule has 2 amide bonds. The van der Waals surface area contributed by atoms with Gasteiger partial charge in [-0.3, -0.25) is 0 Å². The van der Waals surface area contributed by atoms with Gasteiger partial charge in [0.05, 0.1) is 6.54 Å². The number of unbranched alkanes of at least 4 members (excludes halogenated alkanes) is 1. The fourth-order valence-corrected chi connectivity index (χ4v) is 1.37. The standard InChI is InChI=1S/C12H22N2O/c1-4-7-8-11(6-3)10-14-12(15)13-9-5-2/h2,11H,4,6-10H2,1,3H3,(H2,13,14,15)/t11-/m1/s1. The van der Waals surface area contributed by atoms with Gasteiger partial charge in [0.25, 0.3) is 0 Å². The molecule has 2 N–H and O–H groups in total. The van der Waals surface area contributed by atoms with Crippen LogP contribution in [0.4, 0.5) is 4.79 Å². The third-order valence-corrected chi connectivity index (χ3v) is 2.45. The van der Waals surface area contributed by atoms with Crippen LogP contribution in [-0.4, -0.2) is 19.1 Å². The number of hydrogen-bond donors (Lipinski definition) is 2. The van der Waals surface area contributed by atoms with Crippen molar-refractivity contribution >= 4 is 6.03 Å². The van der Waals surface area contributed by atoms with Gasteiger partial charge >= 0.3 is 6.03 Å². The maximum absolute atomic E-state index is 11.2. The van der Waals surface area contributed by atoms with E-state index in [1.54, 1.807) is 0 Å². The van der Waals surface area contributed by atoms with Crippen LogP contribution in [0.15, 0.2) is 0 Å². The first kappa shape index (κ1) is 13.8. The molecule has 0 aromatic rings. The number of hydrogen-bond acceptors (Lipinski definition) is 1. The molecule has 0 bridgehead atoms. The summed E-state index contributed by atoms with van der Waals surface area (Å²) in [5.74, 6) is 2.95. The Bertz CT molecular complexity index is 208. The van der Waals surface area contributed by atoms with E-state index in [1.807, 2.05) is 0 Å². The Morgan fingerprint density at radius 2 is 2.13 bits per heavy atom. The van der Waals surface area contributed by atoms with E-state index < -0.39 is 0 Å². The van der Waals surface area contributed by atoms with Crippen molar-refractivity contribution in [3.8, 4) is 12.3 Å². The van der Waals surface area contributed by atoms with E-state index in [2.05, 4.69) is 30.4 Å². The van der Waals surface area contributed by atoms with Gasteiger partial charge in [-0.15, -0.1) is 6.42 Å². The van der Waals surface area contributed by atoms with E-state index in [0.29, 0.717) is 5.92 Å². The van der Waals surface area contributed by atoms with E-state index in [1.165, 1.54) is 19.3 Å². The van der Waals surface area contributed by atoms with Crippen molar-refractivity contribution in [2.75, 3.05) is 13.1 Å². The molecule has 1 atom stereocenters. The lowest BCUT2D eigenvalue weighted by atomic mass is 9.99. The molecular weight excluding hydrogens is 188 g/mol. The van der Waals surface area contributed by atoms with Crippen molar-refractivity contribution < 1.29 is 4.79 Å². The van der Waals surface area contributed by atoms with Gasteiger partial charge in [-0.1, -0.05) is 39.0 Å². The number of urea groups is 1. The average molecular weight is 210 g/mol. The van der Waals surface area contributed by atoms with Crippen LogP contribution in [0.3, 0.4) is 0 Å². The number of amides is 2. The Morgan fingerprint density at radius 1 is 1.40 bits per heavy atom. The number of nitrogens with one attached hydrogen (secondary N) is 2. The monoisotopic (exact) mass is 210 g/mol. The summed E-state index contributed by atoms with van der Waals surface area (Å²) in [7, 11) is 0. The summed E-state index contributed by atoms with van der Waals surface area (Å²) in [6.07, 6.45) is 9.76. The first-order valence-corrected chi connectivity index (χ1v) is 5.69. The van der Waals surface area contributed by atoms with E-state index >= 15 is 0 Å². The quantitative estimate of drug-likeness (QED) is 0.621. The topological polar surface area (TPSA) is 41.1 Å². The zero-order valence-corrected chi connectivity index (χ0v) is 9.81. The van der Waals surface area contributed by atoms with Crippen molar-refractivity contribution in [1.82, 2.24) is 10.6 Å². The molecule has 0 heterocycles. The Hall–Kier alpha value is -1.17. The lowest BCUT2D eigenvalue weighted by Gasteiger charge is -2.15. The van der Waals surface area contributed by atoms with Crippen LogP contribution in [-0.2, 0) is 0 Å². The zero-order valence-electron chi connectivity index (χ0n) is 9.81. The molecule has 3 heteroatoms. The number of terminal acetylenes is 1. The Morgan fingerprint density at radius 3 is 2.67 bits per heavy atom. The van der Waals surface area contributed by atoms with Gasteiger partial charge in [-0.25, -0.2) is 4.79 Å². The van der Waals surface area contributed by atoms with Crippen molar-refractivity contribution in [2.24, 2.45) is 5.92 Å². The molecule has 15 heavy (non-hydrogen) atoms. The van der Waals surface area contributed by atoms with Crippen molar-refractivity contribution in [3.63, 3.8) is 0 Å². The van der Waals surface area contributed by atoms with E-state index in [0.717, 1.165) is 13.0 Å². The maximum atomic E-state index is 11.2. The lowest BCUT2D eigenvalue weighted by Crippen LogP contribution is -2.38. The molecule has 3 nitrogen and oxygen atoms in total. The van der Waals surface area contributed by atoms with Gasteiger partial charge in [-0.2, -0.15) is 0 Å². The summed E-state index contributed by atoms with van der Waals surface area (Å²) in [6, 6.07) is -0.164. The van der Waals surface area contributed by atoms with E-state index in [-0.39, 0.29) is 12.6 Å². The minimum absolute atomic E-state index is 0.164. The van der Waals surface area contributed by atoms with Crippen LogP contribution in [0.25, 0.3) is 0 Å². The summed E-state index contributed by atoms with van der Waals surface area (Å²) >= 11 is 0. The molecule has 0 rings (SSSR count). The first-order chi connectivity index (χ1) is 7.24. The van der Waals surface area contributed by atoms with E-state index in [4.69, 9.17) is 6.42 Å². The number of carbonyl (C=O) groups is 1.